The second-order valence-electron chi connectivity index (χ2n) is 16.3. The molecule has 62 heavy (non-hydrogen) atoms. The van der Waals surface area contributed by atoms with E-state index < -0.39 is 27.7 Å². The number of nitriles is 1. The van der Waals surface area contributed by atoms with E-state index >= 15 is 8.78 Å². The van der Waals surface area contributed by atoms with E-state index in [0.29, 0.717) is 74.7 Å². The molecule has 4 aromatic rings. The molecule has 328 valence electrons. The molecule has 7 rings (SSSR count). The highest BCUT2D eigenvalue weighted by Gasteiger charge is 2.31. The summed E-state index contributed by atoms with van der Waals surface area (Å²) in [4.78, 5) is 59.1. The molecule has 3 fully saturated rings. The molecule has 0 spiro atoms. The third-order valence-corrected chi connectivity index (χ3v) is 13.9. The van der Waals surface area contributed by atoms with Gasteiger partial charge in [0.2, 0.25) is 17.7 Å². The summed E-state index contributed by atoms with van der Waals surface area (Å²) in [6.45, 7) is 5.20. The smallest absolute Gasteiger partial charge is 0.301 e. The molecule has 3 aliphatic heterocycles. The number of fused-ring (bicyclic) bond motifs is 1. The van der Waals surface area contributed by atoms with Gasteiger partial charge in [-0.15, -0.1) is 0 Å². The summed E-state index contributed by atoms with van der Waals surface area (Å²) in [7, 11) is -2.66. The number of amides is 3. The number of imide groups is 1. The monoisotopic (exact) mass is 872 g/mol. The summed E-state index contributed by atoms with van der Waals surface area (Å²) in [5.74, 6) is -2.39. The second kappa shape index (κ2) is 19.1. The molecule has 18 heteroatoms. The first-order chi connectivity index (χ1) is 29.7. The van der Waals surface area contributed by atoms with Crippen molar-refractivity contribution < 1.29 is 36.3 Å². The minimum atomic E-state index is -4.01. The zero-order valence-corrected chi connectivity index (χ0v) is 35.6. The Hall–Kier alpha value is -5.77. The van der Waals surface area contributed by atoms with Gasteiger partial charge in [0, 0.05) is 39.6 Å². The van der Waals surface area contributed by atoms with E-state index in [2.05, 4.69) is 19.9 Å². The topological polar surface area (TPSA) is 187 Å². The first kappa shape index (κ1) is 44.3. The molecule has 1 aromatic heterocycles. The Morgan fingerprint density at radius 3 is 2.45 bits per heavy atom. The van der Waals surface area contributed by atoms with E-state index in [1.165, 1.54) is 36.1 Å². The molecule has 0 radical (unpaired) electrons. The standard InChI is InChI=1S/C44H50F2N8O7S/c1-3-51(2)62(59,60)50-39-12-10-36(45)42(35(39)25-47)61-31-7-11-38-34(24-31)44(58)54(27-48-38)18-4-5-28-14-21-53(22-15-28)41(56)26-52-19-16-29(17-20-52)32-8-6-30(23-37(32)46)33-9-13-40(55)49-43(33)57/h6-8,10-12,23-24,27-29,33,50H,3-5,9,13-22,26H2,1-2H3,(H,49,55,57). The van der Waals surface area contributed by atoms with Crippen LogP contribution < -0.4 is 20.3 Å². The number of ether oxygens (including phenoxy) is 1. The van der Waals surface area contributed by atoms with Crippen molar-refractivity contribution in [3.63, 3.8) is 0 Å². The van der Waals surface area contributed by atoms with Gasteiger partial charge in [0.15, 0.2) is 11.6 Å². The van der Waals surface area contributed by atoms with Crippen molar-refractivity contribution in [2.45, 2.75) is 76.7 Å². The van der Waals surface area contributed by atoms with Gasteiger partial charge in [-0.3, -0.25) is 38.7 Å². The number of carbonyl (C=O) groups excluding carboxylic acids is 3. The molecule has 0 bridgehead atoms. The molecule has 3 amide bonds. The summed E-state index contributed by atoms with van der Waals surface area (Å²) in [5, 5.41) is 12.4. The van der Waals surface area contributed by atoms with Gasteiger partial charge in [0.05, 0.1) is 35.4 Å². The fraction of sp³-hybridized carbons (Fsp3) is 0.455. The predicted octanol–water partition coefficient (Wildman–Crippen LogP) is 5.37. The molecule has 3 saturated heterocycles. The quantitative estimate of drug-likeness (QED) is 0.156. The molecular formula is C44H50F2N8O7S. The summed E-state index contributed by atoms with van der Waals surface area (Å²) < 4.78 is 66.1. The van der Waals surface area contributed by atoms with Crippen LogP contribution in [0.3, 0.4) is 0 Å². The van der Waals surface area contributed by atoms with Crippen molar-refractivity contribution in [1.29, 1.82) is 5.26 Å². The maximum atomic E-state index is 15.3. The highest BCUT2D eigenvalue weighted by atomic mass is 32.2. The van der Waals surface area contributed by atoms with Gasteiger partial charge in [0.25, 0.3) is 5.56 Å². The number of rotatable bonds is 14. The fourth-order valence-electron chi connectivity index (χ4n) is 8.54. The van der Waals surface area contributed by atoms with E-state index in [4.69, 9.17) is 4.74 Å². The van der Waals surface area contributed by atoms with Crippen LogP contribution in [0.4, 0.5) is 14.5 Å². The van der Waals surface area contributed by atoms with Crippen LogP contribution in [0.15, 0.2) is 59.7 Å². The number of hydrogen-bond donors (Lipinski definition) is 2. The van der Waals surface area contributed by atoms with Gasteiger partial charge in [-0.2, -0.15) is 18.0 Å². The molecule has 0 aliphatic carbocycles. The SMILES string of the molecule is CCN(C)S(=O)(=O)Nc1ccc(F)c(Oc2ccc3ncn(CCCC4CCN(C(=O)CN5CCC(c6ccc(C7CCC(=O)NC7=O)cc6F)CC5)CC4)c(=O)c3c2)c1C#N. The number of halogens is 2. The van der Waals surface area contributed by atoms with E-state index in [1.54, 1.807) is 25.1 Å². The average molecular weight is 873 g/mol. The Kier molecular flexibility index (Phi) is 13.6. The van der Waals surface area contributed by atoms with Gasteiger partial charge in [-0.25, -0.2) is 13.8 Å². The number of benzene rings is 3. The van der Waals surface area contributed by atoms with Crippen molar-refractivity contribution in [1.82, 2.24) is 29.0 Å². The number of nitrogens with zero attached hydrogens (tertiary/aromatic N) is 6. The number of nitrogens with one attached hydrogen (secondary N) is 2. The van der Waals surface area contributed by atoms with E-state index in [9.17, 15) is 32.9 Å². The lowest BCUT2D eigenvalue weighted by molar-refractivity contribution is -0.135. The number of carbonyl (C=O) groups is 3. The average Bonchev–Trinajstić information content (AvgIpc) is 3.26. The van der Waals surface area contributed by atoms with Crippen LogP contribution >= 0.6 is 0 Å². The molecule has 2 N–H and O–H groups in total. The number of piperidine rings is 3. The van der Waals surface area contributed by atoms with Crippen LogP contribution in [0.1, 0.15) is 86.8 Å². The molecule has 1 atom stereocenters. The van der Waals surface area contributed by atoms with E-state index in [-0.39, 0.29) is 70.4 Å². The summed E-state index contributed by atoms with van der Waals surface area (Å²) in [6, 6.07) is 13.4. The van der Waals surface area contributed by atoms with Crippen LogP contribution in [0.25, 0.3) is 10.9 Å². The van der Waals surface area contributed by atoms with Crippen molar-refractivity contribution in [2.24, 2.45) is 5.92 Å². The van der Waals surface area contributed by atoms with E-state index in [0.717, 1.165) is 48.5 Å². The van der Waals surface area contributed by atoms with E-state index in [1.807, 2.05) is 11.0 Å². The largest absolute Gasteiger partial charge is 0.453 e. The lowest BCUT2D eigenvalue weighted by Gasteiger charge is -2.36. The van der Waals surface area contributed by atoms with Crippen molar-refractivity contribution in [2.75, 3.05) is 51.0 Å². The molecule has 15 nitrogen and oxygen atoms in total. The van der Waals surface area contributed by atoms with Gasteiger partial charge < -0.3 is 9.64 Å². The zero-order chi connectivity index (χ0) is 44.1. The Morgan fingerprint density at radius 2 is 1.76 bits per heavy atom. The fourth-order valence-corrected chi connectivity index (χ4v) is 9.48. The number of hydrogen-bond acceptors (Lipinski definition) is 10. The lowest BCUT2D eigenvalue weighted by Crippen LogP contribution is -2.46. The Balaban J connectivity index is 0.873. The number of aromatic nitrogens is 2. The van der Waals surface area contributed by atoms with Gasteiger partial charge in [-0.1, -0.05) is 19.1 Å². The molecule has 1 unspecified atom stereocenters. The zero-order valence-electron chi connectivity index (χ0n) is 34.7. The van der Waals surface area contributed by atoms with Gasteiger partial charge in [0.1, 0.15) is 23.2 Å². The minimum Gasteiger partial charge on any atom is -0.453 e. The molecule has 3 aliphatic rings. The van der Waals surface area contributed by atoms with Crippen LogP contribution in [0, 0.1) is 28.9 Å². The third kappa shape index (κ3) is 9.96. The number of likely N-dealkylation sites (tertiary alicyclic amines) is 2. The van der Waals surface area contributed by atoms with Crippen LogP contribution in [0.5, 0.6) is 11.5 Å². The second-order valence-corrected chi connectivity index (χ2v) is 18.0. The Bertz CT molecular complexity index is 2570. The van der Waals surface area contributed by atoms with Crippen molar-refractivity contribution in [3.05, 3.63) is 93.5 Å². The van der Waals surface area contributed by atoms with Crippen LogP contribution in [-0.4, -0.2) is 96.1 Å². The van der Waals surface area contributed by atoms with Gasteiger partial charge >= 0.3 is 10.2 Å². The molecule has 0 saturated carbocycles. The maximum absolute atomic E-state index is 15.3. The molecule has 3 aromatic carbocycles. The van der Waals surface area contributed by atoms with Crippen LogP contribution in [0.2, 0.25) is 0 Å². The minimum absolute atomic E-state index is 0.0194. The molecule has 4 heterocycles. The third-order valence-electron chi connectivity index (χ3n) is 12.4. The first-order valence-corrected chi connectivity index (χ1v) is 22.5. The highest BCUT2D eigenvalue weighted by molar-refractivity contribution is 7.90. The Morgan fingerprint density at radius 1 is 1.00 bits per heavy atom. The van der Waals surface area contributed by atoms with Gasteiger partial charge in [-0.05, 0) is 117 Å². The maximum Gasteiger partial charge on any atom is 0.301 e. The number of anilines is 1. The summed E-state index contributed by atoms with van der Waals surface area (Å²) in [5.41, 5.74) is 0.762. The van der Waals surface area contributed by atoms with Crippen LogP contribution in [-0.2, 0) is 31.1 Å². The summed E-state index contributed by atoms with van der Waals surface area (Å²) in [6.07, 6.45) is 6.81. The number of aryl methyl sites for hydroxylation is 1. The lowest BCUT2D eigenvalue weighted by atomic mass is 9.85. The predicted molar refractivity (Wildman–Crippen MR) is 227 cm³/mol. The highest BCUT2D eigenvalue weighted by Crippen LogP contribution is 2.35. The first-order valence-electron chi connectivity index (χ1n) is 21.0. The Labute approximate surface area is 358 Å². The van der Waals surface area contributed by atoms with Crippen molar-refractivity contribution in [3.8, 4) is 17.6 Å². The molecular weight excluding hydrogens is 823 g/mol. The summed E-state index contributed by atoms with van der Waals surface area (Å²) >= 11 is 0. The normalized spacial score (nSPS) is 18.2. The van der Waals surface area contributed by atoms with Crippen molar-refractivity contribution >= 4 is 44.5 Å².